The first-order valence-electron chi connectivity index (χ1n) is 6.49. The topological polar surface area (TPSA) is 55.6 Å². The number of benzene rings is 1. The average Bonchev–Trinajstić information content (AvgIpc) is 2.82. The Morgan fingerprint density at radius 1 is 1.42 bits per heavy atom. The van der Waals surface area contributed by atoms with Gasteiger partial charge in [0.15, 0.2) is 0 Å². The van der Waals surface area contributed by atoms with E-state index in [4.69, 9.17) is 10.5 Å². The van der Waals surface area contributed by atoms with Crippen LogP contribution < -0.4 is 5.73 Å². The molecule has 1 aromatic carbocycles. The van der Waals surface area contributed by atoms with Gasteiger partial charge < -0.3 is 15.4 Å². The molecule has 0 bridgehead atoms. The third-order valence-corrected chi connectivity index (χ3v) is 3.41. The molecule has 1 amide bonds. The minimum Gasteiger partial charge on any atom is -0.368 e. The van der Waals surface area contributed by atoms with E-state index < -0.39 is 0 Å². The van der Waals surface area contributed by atoms with E-state index in [1.807, 2.05) is 18.2 Å². The summed E-state index contributed by atoms with van der Waals surface area (Å²) in [5, 5.41) is 0. The lowest BCUT2D eigenvalue weighted by Gasteiger charge is -2.16. The number of carbonyl (C=O) groups excluding carboxylic acids is 1. The van der Waals surface area contributed by atoms with Crippen molar-refractivity contribution >= 4 is 5.91 Å². The third-order valence-electron chi connectivity index (χ3n) is 3.41. The Bertz CT molecular complexity index is 433. The second-order valence-electron chi connectivity index (χ2n) is 4.78. The van der Waals surface area contributed by atoms with E-state index in [-0.39, 0.29) is 24.5 Å². The fraction of sp³-hybridized carbons (Fsp3) is 0.400. The number of rotatable bonds is 5. The van der Waals surface area contributed by atoms with Crippen molar-refractivity contribution in [1.29, 1.82) is 0 Å². The van der Waals surface area contributed by atoms with E-state index in [2.05, 4.69) is 18.7 Å². The monoisotopic (exact) mass is 260 g/mol. The van der Waals surface area contributed by atoms with Crippen LogP contribution in [0.3, 0.4) is 0 Å². The van der Waals surface area contributed by atoms with Crippen LogP contribution in [0.5, 0.6) is 0 Å². The molecule has 1 heterocycles. The fourth-order valence-electron chi connectivity index (χ4n) is 2.41. The van der Waals surface area contributed by atoms with Gasteiger partial charge in [-0.2, -0.15) is 0 Å². The van der Waals surface area contributed by atoms with Crippen LogP contribution in [0.4, 0.5) is 0 Å². The van der Waals surface area contributed by atoms with Crippen molar-refractivity contribution in [3.63, 3.8) is 0 Å². The standard InChI is InChI=1S/C15H20N2O2/c1-2-8-19-11-15(18)17-9-13(14(16)10-17)12-6-4-3-5-7-12/h2-7,13-14H,1,8-11,16H2/t13-,14+/m0/s1. The van der Waals surface area contributed by atoms with E-state index in [0.29, 0.717) is 19.7 Å². The molecule has 0 saturated carbocycles. The SMILES string of the molecule is C=CCOCC(=O)N1C[C@@H](N)[C@H](c2ccccc2)C1. The Morgan fingerprint density at radius 2 is 2.16 bits per heavy atom. The van der Waals surface area contributed by atoms with E-state index in [0.717, 1.165) is 0 Å². The molecule has 102 valence electrons. The summed E-state index contributed by atoms with van der Waals surface area (Å²) in [6, 6.07) is 10.1. The molecule has 0 spiro atoms. The lowest BCUT2D eigenvalue weighted by atomic mass is 9.95. The van der Waals surface area contributed by atoms with Crippen LogP contribution in [0, 0.1) is 0 Å². The molecule has 1 aromatic rings. The Labute approximate surface area is 113 Å². The zero-order valence-electron chi connectivity index (χ0n) is 11.0. The zero-order chi connectivity index (χ0) is 13.7. The van der Waals surface area contributed by atoms with Gasteiger partial charge in [0.2, 0.25) is 5.91 Å². The van der Waals surface area contributed by atoms with Crippen LogP contribution in [0.2, 0.25) is 0 Å². The molecule has 1 saturated heterocycles. The number of nitrogens with two attached hydrogens (primary N) is 1. The first kappa shape index (κ1) is 13.8. The minimum atomic E-state index is -0.00856. The molecule has 4 nitrogen and oxygen atoms in total. The second kappa shape index (κ2) is 6.50. The summed E-state index contributed by atoms with van der Waals surface area (Å²) in [4.78, 5) is 13.7. The average molecular weight is 260 g/mol. The predicted molar refractivity (Wildman–Crippen MR) is 74.8 cm³/mol. The molecule has 1 aliphatic heterocycles. The largest absolute Gasteiger partial charge is 0.368 e. The van der Waals surface area contributed by atoms with Crippen LogP contribution in [0.15, 0.2) is 43.0 Å². The zero-order valence-corrected chi connectivity index (χ0v) is 11.0. The summed E-state index contributed by atoms with van der Waals surface area (Å²) >= 11 is 0. The highest BCUT2D eigenvalue weighted by Crippen LogP contribution is 2.26. The lowest BCUT2D eigenvalue weighted by molar-refractivity contribution is -0.134. The van der Waals surface area contributed by atoms with Gasteiger partial charge in [-0.25, -0.2) is 0 Å². The number of nitrogens with zero attached hydrogens (tertiary/aromatic N) is 1. The van der Waals surface area contributed by atoms with E-state index in [9.17, 15) is 4.79 Å². The molecule has 1 fully saturated rings. The molecular weight excluding hydrogens is 240 g/mol. The fourth-order valence-corrected chi connectivity index (χ4v) is 2.41. The summed E-state index contributed by atoms with van der Waals surface area (Å²) < 4.78 is 5.18. The molecule has 1 aliphatic rings. The van der Waals surface area contributed by atoms with Gasteiger partial charge in [0.05, 0.1) is 6.61 Å². The Hall–Kier alpha value is -1.65. The predicted octanol–water partition coefficient (Wildman–Crippen LogP) is 1.14. The van der Waals surface area contributed by atoms with Gasteiger partial charge in [0.25, 0.3) is 0 Å². The van der Waals surface area contributed by atoms with Crippen LogP contribution in [-0.2, 0) is 9.53 Å². The summed E-state index contributed by atoms with van der Waals surface area (Å²) in [7, 11) is 0. The maximum absolute atomic E-state index is 12.0. The minimum absolute atomic E-state index is 0.00395. The van der Waals surface area contributed by atoms with Gasteiger partial charge in [-0.3, -0.25) is 4.79 Å². The van der Waals surface area contributed by atoms with Gasteiger partial charge >= 0.3 is 0 Å². The highest BCUT2D eigenvalue weighted by atomic mass is 16.5. The first-order valence-corrected chi connectivity index (χ1v) is 6.49. The second-order valence-corrected chi connectivity index (χ2v) is 4.78. The van der Waals surface area contributed by atoms with Gasteiger partial charge in [-0.1, -0.05) is 36.4 Å². The van der Waals surface area contributed by atoms with E-state index in [1.54, 1.807) is 11.0 Å². The molecule has 2 rings (SSSR count). The molecule has 4 heteroatoms. The molecule has 2 atom stereocenters. The first-order chi connectivity index (χ1) is 9.22. The molecule has 0 radical (unpaired) electrons. The van der Waals surface area contributed by atoms with Crippen molar-refractivity contribution < 1.29 is 9.53 Å². The molecule has 2 N–H and O–H groups in total. The number of hydrogen-bond donors (Lipinski definition) is 1. The van der Waals surface area contributed by atoms with Crippen molar-refractivity contribution in [2.24, 2.45) is 5.73 Å². The van der Waals surface area contributed by atoms with E-state index in [1.165, 1.54) is 5.56 Å². The van der Waals surface area contributed by atoms with E-state index >= 15 is 0 Å². The summed E-state index contributed by atoms with van der Waals surface area (Å²) in [5.74, 6) is 0.209. The van der Waals surface area contributed by atoms with Crippen molar-refractivity contribution in [3.8, 4) is 0 Å². The Kier molecular flexibility index (Phi) is 4.71. The highest BCUT2D eigenvalue weighted by molar-refractivity contribution is 5.78. The van der Waals surface area contributed by atoms with Crippen molar-refractivity contribution in [1.82, 2.24) is 4.90 Å². The van der Waals surface area contributed by atoms with Crippen molar-refractivity contribution in [2.45, 2.75) is 12.0 Å². The van der Waals surface area contributed by atoms with Crippen molar-refractivity contribution in [2.75, 3.05) is 26.3 Å². The molecular formula is C15H20N2O2. The number of hydrogen-bond acceptors (Lipinski definition) is 3. The number of amides is 1. The molecule has 0 aromatic heterocycles. The number of likely N-dealkylation sites (tertiary alicyclic amines) is 1. The van der Waals surface area contributed by atoms with Gasteiger partial charge in [0.1, 0.15) is 6.61 Å². The van der Waals surface area contributed by atoms with Crippen molar-refractivity contribution in [3.05, 3.63) is 48.6 Å². The quantitative estimate of drug-likeness (QED) is 0.638. The lowest BCUT2D eigenvalue weighted by Crippen LogP contribution is -2.34. The maximum atomic E-state index is 12.0. The highest BCUT2D eigenvalue weighted by Gasteiger charge is 2.33. The van der Waals surface area contributed by atoms with Gasteiger partial charge in [0, 0.05) is 25.0 Å². The van der Waals surface area contributed by atoms with Crippen LogP contribution in [-0.4, -0.2) is 43.2 Å². The Balaban J connectivity index is 1.93. The number of ether oxygens (including phenoxy) is 1. The summed E-state index contributed by atoms with van der Waals surface area (Å²) in [6.45, 7) is 5.30. The van der Waals surface area contributed by atoms with Crippen LogP contribution >= 0.6 is 0 Å². The summed E-state index contributed by atoms with van der Waals surface area (Å²) in [6.07, 6.45) is 1.63. The van der Waals surface area contributed by atoms with Crippen LogP contribution in [0.1, 0.15) is 11.5 Å². The van der Waals surface area contributed by atoms with Gasteiger partial charge in [-0.15, -0.1) is 6.58 Å². The normalized spacial score (nSPS) is 22.5. The smallest absolute Gasteiger partial charge is 0.248 e. The Morgan fingerprint density at radius 3 is 2.84 bits per heavy atom. The summed E-state index contributed by atoms with van der Waals surface area (Å²) in [5.41, 5.74) is 7.34. The maximum Gasteiger partial charge on any atom is 0.248 e. The third kappa shape index (κ3) is 3.43. The molecule has 19 heavy (non-hydrogen) atoms. The molecule has 0 unspecified atom stereocenters. The molecule has 0 aliphatic carbocycles. The number of carbonyl (C=O) groups is 1. The van der Waals surface area contributed by atoms with Crippen LogP contribution in [0.25, 0.3) is 0 Å². The van der Waals surface area contributed by atoms with Gasteiger partial charge in [-0.05, 0) is 5.56 Å².